The number of amides is 1. The highest BCUT2D eigenvalue weighted by atomic mass is 31.2. The molecule has 0 aliphatic heterocycles. The highest BCUT2D eigenvalue weighted by Gasteiger charge is 2.28. The minimum Gasteiger partial charge on any atom is -0.391 e. The number of unbranched alkanes of at least 4 members (excludes halogenated alkanes) is 25. The summed E-state index contributed by atoms with van der Waals surface area (Å²) in [6.07, 6.45) is 34.1. The van der Waals surface area contributed by atoms with Crippen LogP contribution in [0.5, 0.6) is 0 Å². The first-order valence-corrected chi connectivity index (χ1v) is 22.4. The van der Waals surface area contributed by atoms with Crippen LogP contribution in [0.25, 0.3) is 0 Å². The van der Waals surface area contributed by atoms with Crippen LogP contribution in [0.1, 0.15) is 200 Å². The monoisotopic (exact) mass is 720 g/mol. The van der Waals surface area contributed by atoms with Gasteiger partial charge in [0.05, 0.1) is 39.9 Å². The number of phosphoric ester groups is 1. The van der Waals surface area contributed by atoms with Crippen molar-refractivity contribution in [2.75, 3.05) is 40.9 Å². The molecule has 8 nitrogen and oxygen atoms in total. The van der Waals surface area contributed by atoms with Crippen LogP contribution in [0.3, 0.4) is 0 Å². The smallest absolute Gasteiger partial charge is 0.391 e. The zero-order valence-corrected chi connectivity index (χ0v) is 34.1. The lowest BCUT2D eigenvalue weighted by molar-refractivity contribution is -0.870. The zero-order chi connectivity index (χ0) is 36.5. The van der Waals surface area contributed by atoms with Crippen molar-refractivity contribution in [3.63, 3.8) is 0 Å². The molecular formula is C40H84N2O6P+. The van der Waals surface area contributed by atoms with Gasteiger partial charge in [0, 0.05) is 6.42 Å². The number of phosphoric acid groups is 1. The zero-order valence-electron chi connectivity index (χ0n) is 33.2. The van der Waals surface area contributed by atoms with E-state index in [1.165, 1.54) is 135 Å². The van der Waals surface area contributed by atoms with E-state index in [4.69, 9.17) is 9.05 Å². The summed E-state index contributed by atoms with van der Waals surface area (Å²) in [5.74, 6) is -0.145. The Balaban J connectivity index is 4.34. The Morgan fingerprint density at radius 2 is 0.980 bits per heavy atom. The maximum absolute atomic E-state index is 12.8. The van der Waals surface area contributed by atoms with Gasteiger partial charge in [-0.3, -0.25) is 13.8 Å². The topological polar surface area (TPSA) is 105 Å². The van der Waals surface area contributed by atoms with E-state index in [0.717, 1.165) is 38.5 Å². The largest absolute Gasteiger partial charge is 0.472 e. The summed E-state index contributed by atoms with van der Waals surface area (Å²) in [7, 11) is 1.62. The number of carbonyl (C=O) groups is 1. The van der Waals surface area contributed by atoms with Crippen molar-refractivity contribution in [1.29, 1.82) is 0 Å². The summed E-state index contributed by atoms with van der Waals surface area (Å²) in [4.78, 5) is 23.0. The molecule has 0 saturated heterocycles. The second-order valence-electron chi connectivity index (χ2n) is 15.7. The first kappa shape index (κ1) is 48.5. The van der Waals surface area contributed by atoms with Crippen molar-refractivity contribution in [2.45, 2.75) is 212 Å². The van der Waals surface area contributed by atoms with E-state index in [1.807, 2.05) is 21.1 Å². The predicted molar refractivity (Wildman–Crippen MR) is 208 cm³/mol. The number of aliphatic hydroxyl groups is 1. The number of hydrogen-bond acceptors (Lipinski definition) is 5. The van der Waals surface area contributed by atoms with Gasteiger partial charge < -0.3 is 19.8 Å². The summed E-state index contributed by atoms with van der Waals surface area (Å²) in [6.45, 7) is 4.88. The van der Waals surface area contributed by atoms with Gasteiger partial charge in [0.25, 0.3) is 0 Å². The van der Waals surface area contributed by atoms with Crippen molar-refractivity contribution in [3.05, 3.63) is 0 Å². The molecule has 0 bridgehead atoms. The van der Waals surface area contributed by atoms with Crippen molar-refractivity contribution >= 4 is 13.7 Å². The van der Waals surface area contributed by atoms with Gasteiger partial charge in [0.15, 0.2) is 0 Å². The van der Waals surface area contributed by atoms with E-state index >= 15 is 0 Å². The Bertz CT molecular complexity index is 778. The van der Waals surface area contributed by atoms with E-state index in [9.17, 15) is 19.4 Å². The normalized spacial score (nSPS) is 14.5. The van der Waals surface area contributed by atoms with E-state index in [2.05, 4.69) is 19.2 Å². The minimum atomic E-state index is -4.30. The number of likely N-dealkylation sites (N-methyl/N-ethyl adjacent to an activating group) is 1. The van der Waals surface area contributed by atoms with Crippen LogP contribution < -0.4 is 5.32 Å². The van der Waals surface area contributed by atoms with Crippen LogP contribution in [0.4, 0.5) is 0 Å². The predicted octanol–water partition coefficient (Wildman–Crippen LogP) is 11.0. The summed E-state index contributed by atoms with van der Waals surface area (Å²) >= 11 is 0. The fraction of sp³-hybridized carbons (Fsp3) is 0.975. The Labute approximate surface area is 304 Å². The quantitative estimate of drug-likeness (QED) is 0.0333. The van der Waals surface area contributed by atoms with Crippen molar-refractivity contribution < 1.29 is 32.9 Å². The number of aliphatic hydroxyl groups excluding tert-OH is 1. The van der Waals surface area contributed by atoms with Gasteiger partial charge in [-0.15, -0.1) is 0 Å². The Kier molecular flexibility index (Phi) is 33.0. The lowest BCUT2D eigenvalue weighted by Crippen LogP contribution is -2.46. The summed E-state index contributed by atoms with van der Waals surface area (Å²) in [5.41, 5.74) is 0. The number of hydrogen-bond donors (Lipinski definition) is 3. The molecule has 0 heterocycles. The molecule has 0 aromatic heterocycles. The summed E-state index contributed by atoms with van der Waals surface area (Å²) in [5, 5.41) is 13.9. The molecule has 0 radical (unpaired) electrons. The molecule has 49 heavy (non-hydrogen) atoms. The highest BCUT2D eigenvalue weighted by Crippen LogP contribution is 2.43. The third kappa shape index (κ3) is 35.7. The van der Waals surface area contributed by atoms with Crippen LogP contribution in [0.15, 0.2) is 0 Å². The van der Waals surface area contributed by atoms with Crippen molar-refractivity contribution in [2.24, 2.45) is 0 Å². The second-order valence-corrected chi connectivity index (χ2v) is 17.2. The highest BCUT2D eigenvalue weighted by molar-refractivity contribution is 7.47. The fourth-order valence-corrected chi connectivity index (χ4v) is 6.96. The SMILES string of the molecule is CCCCCCCCCCCCCCCCCCCC(O)C(COP(=O)(O)OCC[N+](C)(C)C)NC(=O)CCCCCCCCCCCC. The minimum absolute atomic E-state index is 0.0782. The van der Waals surface area contributed by atoms with Gasteiger partial charge in [-0.25, -0.2) is 4.57 Å². The molecule has 3 unspecified atom stereocenters. The molecule has 0 rings (SSSR count). The maximum Gasteiger partial charge on any atom is 0.472 e. The molecule has 0 aliphatic rings. The van der Waals surface area contributed by atoms with Gasteiger partial charge in [-0.2, -0.15) is 0 Å². The number of nitrogens with one attached hydrogen (secondary N) is 1. The van der Waals surface area contributed by atoms with Crippen molar-refractivity contribution in [1.82, 2.24) is 5.32 Å². The molecule has 0 aromatic carbocycles. The van der Waals surface area contributed by atoms with E-state index < -0.39 is 20.0 Å². The standard InChI is InChI=1S/C40H83N2O6P/c1-6-8-10-12-14-16-18-19-20-21-22-23-24-25-27-29-31-33-39(43)38(37-48-49(45,46)47-36-35-42(3,4)5)41-40(44)34-32-30-28-26-17-15-13-11-9-7-2/h38-39,43H,6-37H2,1-5H3,(H-,41,44,45,46)/p+1. The molecule has 3 atom stereocenters. The number of quaternary nitrogens is 1. The van der Waals surface area contributed by atoms with Crippen LogP contribution in [0.2, 0.25) is 0 Å². The molecule has 0 fully saturated rings. The van der Waals surface area contributed by atoms with Crippen LogP contribution in [-0.2, 0) is 18.4 Å². The molecule has 0 saturated carbocycles. The van der Waals surface area contributed by atoms with E-state index in [-0.39, 0.29) is 19.1 Å². The van der Waals surface area contributed by atoms with Gasteiger partial charge in [0.1, 0.15) is 13.2 Å². The van der Waals surface area contributed by atoms with Gasteiger partial charge in [-0.1, -0.05) is 181 Å². The second kappa shape index (κ2) is 33.3. The number of carbonyl (C=O) groups excluding carboxylic acids is 1. The molecule has 0 aliphatic carbocycles. The molecule has 3 N–H and O–H groups in total. The lowest BCUT2D eigenvalue weighted by Gasteiger charge is -2.26. The molecule has 0 spiro atoms. The van der Waals surface area contributed by atoms with Gasteiger partial charge in [0.2, 0.25) is 5.91 Å². The number of rotatable bonds is 38. The Morgan fingerprint density at radius 1 is 0.612 bits per heavy atom. The fourth-order valence-electron chi connectivity index (χ4n) is 6.22. The average molecular weight is 720 g/mol. The van der Waals surface area contributed by atoms with Gasteiger partial charge >= 0.3 is 7.82 Å². The lowest BCUT2D eigenvalue weighted by atomic mass is 10.0. The van der Waals surface area contributed by atoms with Crippen molar-refractivity contribution in [3.8, 4) is 0 Å². The maximum atomic E-state index is 12.8. The Hall–Kier alpha value is -0.500. The summed E-state index contributed by atoms with van der Waals surface area (Å²) in [6, 6.07) is -0.751. The number of nitrogens with zero attached hydrogens (tertiary/aromatic N) is 1. The third-order valence-electron chi connectivity index (χ3n) is 9.61. The van der Waals surface area contributed by atoms with E-state index in [0.29, 0.717) is 23.9 Å². The van der Waals surface area contributed by atoms with Crippen LogP contribution in [-0.4, -0.2) is 73.4 Å². The first-order valence-electron chi connectivity index (χ1n) is 20.9. The Morgan fingerprint density at radius 3 is 1.37 bits per heavy atom. The summed E-state index contributed by atoms with van der Waals surface area (Å²) < 4.78 is 23.5. The van der Waals surface area contributed by atoms with E-state index in [1.54, 1.807) is 0 Å². The molecular weight excluding hydrogens is 635 g/mol. The average Bonchev–Trinajstić information content (AvgIpc) is 3.04. The van der Waals surface area contributed by atoms with Crippen LogP contribution in [0, 0.1) is 0 Å². The third-order valence-corrected chi connectivity index (χ3v) is 10.6. The molecule has 294 valence electrons. The van der Waals surface area contributed by atoms with Gasteiger partial charge in [-0.05, 0) is 12.8 Å². The molecule has 0 aromatic rings. The molecule has 1 amide bonds. The first-order chi connectivity index (χ1) is 23.5. The molecule has 9 heteroatoms. The van der Waals surface area contributed by atoms with Crippen LogP contribution >= 0.6 is 7.82 Å².